The lowest BCUT2D eigenvalue weighted by atomic mass is 9.90. The fraction of sp³-hybridized carbons (Fsp3) is 0.400. The van der Waals surface area contributed by atoms with E-state index < -0.39 is 0 Å². The van der Waals surface area contributed by atoms with Gasteiger partial charge in [-0.05, 0) is 57.3 Å². The summed E-state index contributed by atoms with van der Waals surface area (Å²) in [6, 6.07) is 8.42. The first-order chi connectivity index (χ1) is 10.8. The molecule has 1 aromatic carbocycles. The average Bonchev–Trinajstić information content (AvgIpc) is 2.54. The quantitative estimate of drug-likeness (QED) is 0.465. The molecule has 1 N–H and O–H groups in total. The van der Waals surface area contributed by atoms with Crippen LogP contribution in [0.3, 0.4) is 0 Å². The summed E-state index contributed by atoms with van der Waals surface area (Å²) in [5, 5.41) is 3.23. The van der Waals surface area contributed by atoms with Crippen LogP contribution in [0, 0.1) is 0 Å². The summed E-state index contributed by atoms with van der Waals surface area (Å²) in [5.74, 6) is 1.51. The van der Waals surface area contributed by atoms with E-state index in [2.05, 4.69) is 42.2 Å². The maximum absolute atomic E-state index is 5.80. The second-order valence-electron chi connectivity index (χ2n) is 5.20. The number of rotatable bonds is 11. The first-order valence-electron chi connectivity index (χ1n) is 8.14. The SMILES string of the molecule is C=C/C=C\C=C/CC(CCCNC)c1ccccc1OCC. The van der Waals surface area contributed by atoms with Crippen molar-refractivity contribution in [2.24, 2.45) is 0 Å². The van der Waals surface area contributed by atoms with Crippen LogP contribution in [-0.2, 0) is 0 Å². The maximum atomic E-state index is 5.80. The van der Waals surface area contributed by atoms with Crippen molar-refractivity contribution in [2.75, 3.05) is 20.2 Å². The molecule has 0 aromatic heterocycles. The summed E-state index contributed by atoms with van der Waals surface area (Å²) >= 11 is 0. The summed E-state index contributed by atoms with van der Waals surface area (Å²) in [7, 11) is 2.00. The Kier molecular flexibility index (Phi) is 9.80. The molecule has 1 atom stereocenters. The average molecular weight is 299 g/mol. The highest BCUT2D eigenvalue weighted by molar-refractivity contribution is 5.36. The summed E-state index contributed by atoms with van der Waals surface area (Å²) in [4.78, 5) is 0. The van der Waals surface area contributed by atoms with Gasteiger partial charge in [-0.2, -0.15) is 0 Å². The molecule has 0 radical (unpaired) electrons. The van der Waals surface area contributed by atoms with Crippen LogP contribution in [0.15, 0.2) is 61.2 Å². The third kappa shape index (κ3) is 6.77. The maximum Gasteiger partial charge on any atom is 0.122 e. The molecule has 0 fully saturated rings. The molecule has 22 heavy (non-hydrogen) atoms. The van der Waals surface area contributed by atoms with Gasteiger partial charge in [-0.15, -0.1) is 0 Å². The Hall–Kier alpha value is -1.80. The van der Waals surface area contributed by atoms with E-state index in [0.717, 1.165) is 31.6 Å². The molecule has 0 heterocycles. The van der Waals surface area contributed by atoms with Crippen LogP contribution in [0.2, 0.25) is 0 Å². The van der Waals surface area contributed by atoms with Crippen LogP contribution in [-0.4, -0.2) is 20.2 Å². The van der Waals surface area contributed by atoms with Crippen LogP contribution < -0.4 is 10.1 Å². The molecule has 0 amide bonds. The summed E-state index contributed by atoms with van der Waals surface area (Å²) in [6.45, 7) is 7.47. The lowest BCUT2D eigenvalue weighted by Gasteiger charge is -2.19. The monoisotopic (exact) mass is 299 g/mol. The van der Waals surface area contributed by atoms with E-state index in [-0.39, 0.29) is 0 Å². The van der Waals surface area contributed by atoms with Gasteiger partial charge >= 0.3 is 0 Å². The van der Waals surface area contributed by atoms with Crippen molar-refractivity contribution < 1.29 is 4.74 Å². The standard InChI is InChI=1S/C20H29NO/c1-4-6-7-8-9-13-18(14-12-17-21-3)19-15-10-11-16-20(19)22-5-2/h4,6-11,15-16,18,21H,1,5,12-14,17H2,2-3H3/b7-6-,9-8-. The Labute approximate surface area is 135 Å². The van der Waals surface area contributed by atoms with Crippen molar-refractivity contribution >= 4 is 0 Å². The first kappa shape index (κ1) is 18.2. The van der Waals surface area contributed by atoms with Crippen molar-refractivity contribution in [3.63, 3.8) is 0 Å². The van der Waals surface area contributed by atoms with E-state index in [0.29, 0.717) is 12.5 Å². The molecular formula is C20H29NO. The number of hydrogen-bond acceptors (Lipinski definition) is 2. The van der Waals surface area contributed by atoms with E-state index in [1.54, 1.807) is 6.08 Å². The highest BCUT2D eigenvalue weighted by Crippen LogP contribution is 2.32. The molecule has 0 saturated carbocycles. The Bertz CT molecular complexity index is 476. The molecule has 0 aliphatic carbocycles. The van der Waals surface area contributed by atoms with Crippen molar-refractivity contribution in [3.8, 4) is 5.75 Å². The second kappa shape index (κ2) is 11.8. The summed E-state index contributed by atoms with van der Waals surface area (Å²) in [5.41, 5.74) is 1.32. The number of allylic oxidation sites excluding steroid dienone is 5. The predicted molar refractivity (Wildman–Crippen MR) is 96.6 cm³/mol. The Balaban J connectivity index is 2.81. The van der Waals surface area contributed by atoms with Crippen LogP contribution in [0.25, 0.3) is 0 Å². The molecule has 0 aliphatic heterocycles. The molecule has 120 valence electrons. The minimum atomic E-state index is 0.490. The van der Waals surface area contributed by atoms with Crippen molar-refractivity contribution in [3.05, 3.63) is 66.8 Å². The van der Waals surface area contributed by atoms with Crippen LogP contribution in [0.1, 0.15) is 37.7 Å². The van der Waals surface area contributed by atoms with Crippen LogP contribution in [0.4, 0.5) is 0 Å². The largest absolute Gasteiger partial charge is 0.494 e. The predicted octanol–water partition coefficient (Wildman–Crippen LogP) is 4.86. The molecule has 0 saturated heterocycles. The molecule has 2 heteroatoms. The molecule has 1 aromatic rings. The molecule has 0 aliphatic rings. The van der Waals surface area contributed by atoms with E-state index >= 15 is 0 Å². The Morgan fingerprint density at radius 2 is 2.05 bits per heavy atom. The van der Waals surface area contributed by atoms with Gasteiger partial charge in [0.25, 0.3) is 0 Å². The van der Waals surface area contributed by atoms with E-state index in [1.165, 1.54) is 5.56 Å². The number of ether oxygens (including phenoxy) is 1. The Morgan fingerprint density at radius 3 is 2.77 bits per heavy atom. The van der Waals surface area contributed by atoms with Gasteiger partial charge in [-0.1, -0.05) is 55.2 Å². The molecule has 1 unspecified atom stereocenters. The Morgan fingerprint density at radius 1 is 1.23 bits per heavy atom. The van der Waals surface area contributed by atoms with E-state index in [9.17, 15) is 0 Å². The molecule has 0 spiro atoms. The van der Waals surface area contributed by atoms with Crippen molar-refractivity contribution in [2.45, 2.75) is 32.1 Å². The first-order valence-corrected chi connectivity index (χ1v) is 8.14. The normalized spacial score (nSPS) is 12.8. The van der Waals surface area contributed by atoms with Gasteiger partial charge in [0.2, 0.25) is 0 Å². The fourth-order valence-electron chi connectivity index (χ4n) is 2.49. The second-order valence-corrected chi connectivity index (χ2v) is 5.20. The van der Waals surface area contributed by atoms with Crippen LogP contribution >= 0.6 is 0 Å². The third-order valence-electron chi connectivity index (χ3n) is 3.55. The van der Waals surface area contributed by atoms with Gasteiger partial charge in [0, 0.05) is 0 Å². The van der Waals surface area contributed by atoms with Gasteiger partial charge in [-0.3, -0.25) is 0 Å². The number of para-hydroxylation sites is 1. The van der Waals surface area contributed by atoms with Gasteiger partial charge < -0.3 is 10.1 Å². The van der Waals surface area contributed by atoms with Gasteiger partial charge in [0.15, 0.2) is 0 Å². The highest BCUT2D eigenvalue weighted by atomic mass is 16.5. The minimum absolute atomic E-state index is 0.490. The highest BCUT2D eigenvalue weighted by Gasteiger charge is 2.14. The number of benzene rings is 1. The molecule has 1 rings (SSSR count). The van der Waals surface area contributed by atoms with E-state index in [1.807, 2.05) is 32.2 Å². The smallest absolute Gasteiger partial charge is 0.122 e. The molecule has 0 bridgehead atoms. The number of hydrogen-bond donors (Lipinski definition) is 1. The van der Waals surface area contributed by atoms with Crippen LogP contribution in [0.5, 0.6) is 5.75 Å². The summed E-state index contributed by atoms with van der Waals surface area (Å²) < 4.78 is 5.80. The zero-order valence-electron chi connectivity index (χ0n) is 13.9. The third-order valence-corrected chi connectivity index (χ3v) is 3.55. The lowest BCUT2D eigenvalue weighted by Crippen LogP contribution is -2.10. The lowest BCUT2D eigenvalue weighted by molar-refractivity contribution is 0.333. The zero-order chi connectivity index (χ0) is 16.0. The van der Waals surface area contributed by atoms with Gasteiger partial charge in [0.05, 0.1) is 6.61 Å². The van der Waals surface area contributed by atoms with Crippen molar-refractivity contribution in [1.29, 1.82) is 0 Å². The van der Waals surface area contributed by atoms with Gasteiger partial charge in [-0.25, -0.2) is 0 Å². The molecular weight excluding hydrogens is 270 g/mol. The minimum Gasteiger partial charge on any atom is -0.494 e. The fourth-order valence-corrected chi connectivity index (χ4v) is 2.49. The summed E-state index contributed by atoms with van der Waals surface area (Å²) in [6.07, 6.45) is 13.4. The number of nitrogens with one attached hydrogen (secondary N) is 1. The van der Waals surface area contributed by atoms with Crippen molar-refractivity contribution in [1.82, 2.24) is 5.32 Å². The van der Waals surface area contributed by atoms with E-state index in [4.69, 9.17) is 4.74 Å². The molecule has 2 nitrogen and oxygen atoms in total. The van der Waals surface area contributed by atoms with Gasteiger partial charge in [0.1, 0.15) is 5.75 Å². The zero-order valence-corrected chi connectivity index (χ0v) is 13.9. The topological polar surface area (TPSA) is 21.3 Å².